The topological polar surface area (TPSA) is 58.4 Å². The second-order valence-corrected chi connectivity index (χ2v) is 4.43. The molecule has 0 bridgehead atoms. The zero-order chi connectivity index (χ0) is 12.3. The SMILES string of the molecule is CNC(=O)CCN1CCc2c(N)cccc2C1. The van der Waals surface area contributed by atoms with E-state index < -0.39 is 0 Å². The first-order chi connectivity index (χ1) is 8.20. The molecule has 4 nitrogen and oxygen atoms in total. The molecule has 0 atom stereocenters. The van der Waals surface area contributed by atoms with E-state index in [1.807, 2.05) is 12.1 Å². The van der Waals surface area contributed by atoms with Gasteiger partial charge in [0.05, 0.1) is 0 Å². The Kier molecular flexibility index (Phi) is 3.64. The summed E-state index contributed by atoms with van der Waals surface area (Å²) in [4.78, 5) is 13.5. The average Bonchev–Trinajstić information content (AvgIpc) is 2.36. The molecule has 0 aromatic heterocycles. The van der Waals surface area contributed by atoms with Crippen LogP contribution in [0, 0.1) is 0 Å². The predicted molar refractivity (Wildman–Crippen MR) is 68.5 cm³/mol. The third-order valence-electron chi connectivity index (χ3n) is 3.32. The third kappa shape index (κ3) is 2.77. The van der Waals surface area contributed by atoms with E-state index in [0.29, 0.717) is 6.42 Å². The molecule has 17 heavy (non-hydrogen) atoms. The molecule has 0 spiro atoms. The lowest BCUT2D eigenvalue weighted by molar-refractivity contribution is -0.121. The molecule has 0 aliphatic carbocycles. The molecule has 1 amide bonds. The number of hydrogen-bond donors (Lipinski definition) is 2. The van der Waals surface area contributed by atoms with Gasteiger partial charge in [0.2, 0.25) is 5.91 Å². The molecular weight excluding hydrogens is 214 g/mol. The molecule has 0 unspecified atom stereocenters. The van der Waals surface area contributed by atoms with Crippen molar-refractivity contribution in [3.8, 4) is 0 Å². The van der Waals surface area contributed by atoms with E-state index in [1.165, 1.54) is 11.1 Å². The van der Waals surface area contributed by atoms with Crippen LogP contribution in [0.1, 0.15) is 17.5 Å². The van der Waals surface area contributed by atoms with E-state index in [0.717, 1.165) is 31.7 Å². The summed E-state index contributed by atoms with van der Waals surface area (Å²) in [5.41, 5.74) is 9.43. The quantitative estimate of drug-likeness (QED) is 0.758. The maximum Gasteiger partial charge on any atom is 0.221 e. The van der Waals surface area contributed by atoms with Crippen molar-refractivity contribution in [3.05, 3.63) is 29.3 Å². The molecular formula is C13H19N3O. The van der Waals surface area contributed by atoms with E-state index in [2.05, 4.69) is 16.3 Å². The van der Waals surface area contributed by atoms with Crippen molar-refractivity contribution < 1.29 is 4.79 Å². The van der Waals surface area contributed by atoms with Crippen LogP contribution in [0.4, 0.5) is 5.69 Å². The van der Waals surface area contributed by atoms with Crippen molar-refractivity contribution >= 4 is 11.6 Å². The molecule has 92 valence electrons. The number of nitrogen functional groups attached to an aromatic ring is 1. The van der Waals surface area contributed by atoms with Gasteiger partial charge in [0.15, 0.2) is 0 Å². The lowest BCUT2D eigenvalue weighted by Gasteiger charge is -2.29. The lowest BCUT2D eigenvalue weighted by atomic mass is 9.98. The van der Waals surface area contributed by atoms with Crippen molar-refractivity contribution in [1.82, 2.24) is 10.2 Å². The number of nitrogens with two attached hydrogens (primary N) is 1. The first-order valence-electron chi connectivity index (χ1n) is 6.00. The smallest absolute Gasteiger partial charge is 0.221 e. The van der Waals surface area contributed by atoms with E-state index in [4.69, 9.17) is 5.73 Å². The minimum absolute atomic E-state index is 0.100. The van der Waals surface area contributed by atoms with Crippen LogP contribution in [0.3, 0.4) is 0 Å². The Bertz CT molecular complexity index is 417. The van der Waals surface area contributed by atoms with Crippen LogP contribution < -0.4 is 11.1 Å². The summed E-state index contributed by atoms with van der Waals surface area (Å²) < 4.78 is 0. The Labute approximate surface area is 102 Å². The van der Waals surface area contributed by atoms with Crippen LogP contribution in [-0.4, -0.2) is 30.9 Å². The number of nitrogens with zero attached hydrogens (tertiary/aromatic N) is 1. The fraction of sp³-hybridized carbons (Fsp3) is 0.462. The number of amides is 1. The monoisotopic (exact) mass is 233 g/mol. The van der Waals surface area contributed by atoms with Gasteiger partial charge in [-0.05, 0) is 23.6 Å². The zero-order valence-corrected chi connectivity index (χ0v) is 10.2. The van der Waals surface area contributed by atoms with Crippen LogP contribution >= 0.6 is 0 Å². The molecule has 1 aliphatic heterocycles. The molecule has 0 saturated heterocycles. The Hall–Kier alpha value is -1.55. The molecule has 1 aromatic carbocycles. The highest BCUT2D eigenvalue weighted by Crippen LogP contribution is 2.23. The molecule has 0 saturated carbocycles. The number of benzene rings is 1. The fourth-order valence-electron chi connectivity index (χ4n) is 2.27. The minimum Gasteiger partial charge on any atom is -0.398 e. The van der Waals surface area contributed by atoms with Crippen LogP contribution in [-0.2, 0) is 17.8 Å². The molecule has 0 fully saturated rings. The summed E-state index contributed by atoms with van der Waals surface area (Å²) in [5.74, 6) is 0.100. The number of carbonyl (C=O) groups is 1. The minimum atomic E-state index is 0.100. The molecule has 0 radical (unpaired) electrons. The van der Waals surface area contributed by atoms with Crippen molar-refractivity contribution in [3.63, 3.8) is 0 Å². The average molecular weight is 233 g/mol. The molecule has 1 aromatic rings. The first kappa shape index (κ1) is 11.9. The number of rotatable bonds is 3. The summed E-state index contributed by atoms with van der Waals surface area (Å²) in [7, 11) is 1.68. The number of hydrogen-bond acceptors (Lipinski definition) is 3. The van der Waals surface area contributed by atoms with Gasteiger partial charge in [-0.2, -0.15) is 0 Å². The number of carbonyl (C=O) groups excluding carboxylic acids is 1. The van der Waals surface area contributed by atoms with Crippen LogP contribution in [0.25, 0.3) is 0 Å². The maximum atomic E-state index is 11.2. The zero-order valence-electron chi connectivity index (χ0n) is 10.2. The van der Waals surface area contributed by atoms with Gasteiger partial charge >= 0.3 is 0 Å². The van der Waals surface area contributed by atoms with Crippen LogP contribution in [0.5, 0.6) is 0 Å². The molecule has 1 aliphatic rings. The van der Waals surface area contributed by atoms with Gasteiger partial charge in [-0.1, -0.05) is 12.1 Å². The van der Waals surface area contributed by atoms with Crippen molar-refractivity contribution in [2.75, 3.05) is 25.9 Å². The van der Waals surface area contributed by atoms with E-state index in [1.54, 1.807) is 7.05 Å². The Morgan fingerprint density at radius 2 is 2.35 bits per heavy atom. The largest absolute Gasteiger partial charge is 0.398 e. The molecule has 4 heteroatoms. The predicted octanol–water partition coefficient (Wildman–Crippen LogP) is 0.763. The number of anilines is 1. The summed E-state index contributed by atoms with van der Waals surface area (Å²) >= 11 is 0. The molecule has 1 heterocycles. The van der Waals surface area contributed by atoms with E-state index in [9.17, 15) is 4.79 Å². The second-order valence-electron chi connectivity index (χ2n) is 4.43. The summed E-state index contributed by atoms with van der Waals surface area (Å²) in [5, 5.41) is 2.65. The summed E-state index contributed by atoms with van der Waals surface area (Å²) in [6.07, 6.45) is 1.55. The molecule has 2 rings (SSSR count). The summed E-state index contributed by atoms with van der Waals surface area (Å²) in [6, 6.07) is 6.08. The number of fused-ring (bicyclic) bond motifs is 1. The van der Waals surface area contributed by atoms with Crippen LogP contribution in [0.15, 0.2) is 18.2 Å². The standard InChI is InChI=1S/C13H19N3O/c1-15-13(17)6-8-16-7-5-11-10(9-16)3-2-4-12(11)14/h2-4H,5-9,14H2,1H3,(H,15,17). The van der Waals surface area contributed by atoms with Crippen molar-refractivity contribution in [2.45, 2.75) is 19.4 Å². The van der Waals surface area contributed by atoms with Gasteiger partial charge in [0, 0.05) is 38.8 Å². The highest BCUT2D eigenvalue weighted by molar-refractivity contribution is 5.75. The van der Waals surface area contributed by atoms with E-state index >= 15 is 0 Å². The van der Waals surface area contributed by atoms with Gasteiger partial charge in [0.1, 0.15) is 0 Å². The normalized spacial score (nSPS) is 15.4. The second kappa shape index (κ2) is 5.19. The maximum absolute atomic E-state index is 11.2. The van der Waals surface area contributed by atoms with Gasteiger partial charge in [-0.3, -0.25) is 9.69 Å². The fourth-order valence-corrected chi connectivity index (χ4v) is 2.27. The Balaban J connectivity index is 1.97. The Morgan fingerprint density at radius 3 is 3.12 bits per heavy atom. The van der Waals surface area contributed by atoms with E-state index in [-0.39, 0.29) is 5.91 Å². The van der Waals surface area contributed by atoms with Gasteiger partial charge < -0.3 is 11.1 Å². The highest BCUT2D eigenvalue weighted by atomic mass is 16.1. The van der Waals surface area contributed by atoms with Gasteiger partial charge in [0.25, 0.3) is 0 Å². The highest BCUT2D eigenvalue weighted by Gasteiger charge is 2.17. The number of nitrogens with one attached hydrogen (secondary N) is 1. The van der Waals surface area contributed by atoms with Gasteiger partial charge in [-0.15, -0.1) is 0 Å². The van der Waals surface area contributed by atoms with Gasteiger partial charge in [-0.25, -0.2) is 0 Å². The molecule has 3 N–H and O–H groups in total. The van der Waals surface area contributed by atoms with Crippen molar-refractivity contribution in [2.24, 2.45) is 0 Å². The Morgan fingerprint density at radius 1 is 1.53 bits per heavy atom. The summed E-state index contributed by atoms with van der Waals surface area (Å²) in [6.45, 7) is 2.70. The first-order valence-corrected chi connectivity index (χ1v) is 6.00. The third-order valence-corrected chi connectivity index (χ3v) is 3.32. The van der Waals surface area contributed by atoms with Crippen molar-refractivity contribution in [1.29, 1.82) is 0 Å². The van der Waals surface area contributed by atoms with Crippen LogP contribution in [0.2, 0.25) is 0 Å². The lowest BCUT2D eigenvalue weighted by Crippen LogP contribution is -2.34.